The molecule has 0 bridgehead atoms. The van der Waals surface area contributed by atoms with Crippen molar-refractivity contribution in [3.63, 3.8) is 0 Å². The van der Waals surface area contributed by atoms with Gasteiger partial charge in [0.25, 0.3) is 0 Å². The van der Waals surface area contributed by atoms with Crippen molar-refractivity contribution in [2.45, 2.75) is 19.0 Å². The van der Waals surface area contributed by atoms with E-state index in [1.165, 1.54) is 11.8 Å². The summed E-state index contributed by atoms with van der Waals surface area (Å²) in [6, 6.07) is 17.0. The number of rotatable bonds is 6. The van der Waals surface area contributed by atoms with Gasteiger partial charge in [0.15, 0.2) is 10.9 Å². The molecule has 4 aromatic rings. The highest BCUT2D eigenvalue weighted by Gasteiger charge is 2.19. The maximum Gasteiger partial charge on any atom is 0.234 e. The molecule has 1 amide bonds. The Balaban J connectivity index is 1.56. The molecule has 0 saturated carbocycles. The average Bonchev–Trinajstić information content (AvgIpc) is 3.39. The highest BCUT2D eigenvalue weighted by Crippen LogP contribution is 2.28. The zero-order chi connectivity index (χ0) is 21.1. The minimum atomic E-state index is -0.136. The molecule has 2 aromatic carbocycles. The van der Waals surface area contributed by atoms with Crippen molar-refractivity contribution in [2.75, 3.05) is 11.1 Å². The van der Waals surface area contributed by atoms with Crippen LogP contribution in [0.25, 0.3) is 17.3 Å². The van der Waals surface area contributed by atoms with Crippen molar-refractivity contribution in [3.8, 4) is 17.3 Å². The van der Waals surface area contributed by atoms with Crippen LogP contribution in [0.15, 0.2) is 70.4 Å². The fourth-order valence-electron chi connectivity index (χ4n) is 2.94. The van der Waals surface area contributed by atoms with Gasteiger partial charge in [0, 0.05) is 16.4 Å². The summed E-state index contributed by atoms with van der Waals surface area (Å²) in [5.41, 5.74) is 3.69. The number of nitrogens with one attached hydrogen (secondary N) is 1. The number of anilines is 1. The molecular weight excluding hydrogens is 420 g/mol. The van der Waals surface area contributed by atoms with Crippen LogP contribution in [0.3, 0.4) is 0 Å². The van der Waals surface area contributed by atoms with Crippen LogP contribution < -0.4 is 5.32 Å². The summed E-state index contributed by atoms with van der Waals surface area (Å²) in [6.07, 6.45) is 1.60. The number of furan rings is 1. The van der Waals surface area contributed by atoms with Gasteiger partial charge in [-0.05, 0) is 61.9 Å². The minimum Gasteiger partial charge on any atom is -0.461 e. The molecule has 0 unspecified atom stereocenters. The van der Waals surface area contributed by atoms with E-state index in [0.29, 0.717) is 21.8 Å². The lowest BCUT2D eigenvalue weighted by Gasteiger charge is -2.10. The van der Waals surface area contributed by atoms with E-state index in [-0.39, 0.29) is 11.7 Å². The molecular formula is C22H19ClN4O2S. The smallest absolute Gasteiger partial charge is 0.234 e. The lowest BCUT2D eigenvalue weighted by atomic mass is 10.2. The predicted molar refractivity (Wildman–Crippen MR) is 119 cm³/mol. The lowest BCUT2D eigenvalue weighted by Crippen LogP contribution is -2.15. The minimum absolute atomic E-state index is 0.136. The molecule has 0 aliphatic carbocycles. The van der Waals surface area contributed by atoms with E-state index in [9.17, 15) is 4.79 Å². The van der Waals surface area contributed by atoms with Gasteiger partial charge in [-0.25, -0.2) is 0 Å². The molecule has 2 aromatic heterocycles. The second-order valence-electron chi connectivity index (χ2n) is 6.75. The van der Waals surface area contributed by atoms with Crippen LogP contribution in [-0.2, 0) is 4.79 Å². The first kappa shape index (κ1) is 20.3. The van der Waals surface area contributed by atoms with Gasteiger partial charge < -0.3 is 9.73 Å². The molecule has 0 fully saturated rings. The molecule has 0 aliphatic rings. The molecule has 0 spiro atoms. The van der Waals surface area contributed by atoms with Crippen molar-refractivity contribution < 1.29 is 9.21 Å². The largest absolute Gasteiger partial charge is 0.461 e. The third-order valence-corrected chi connectivity index (χ3v) is 5.63. The number of amides is 1. The molecule has 152 valence electrons. The Morgan fingerprint density at radius 3 is 2.63 bits per heavy atom. The van der Waals surface area contributed by atoms with Gasteiger partial charge in [-0.1, -0.05) is 41.1 Å². The Hall–Kier alpha value is -3.03. The highest BCUT2D eigenvalue weighted by atomic mass is 35.5. The standard InChI is InChI=1S/C22H19ClN4O2S/c1-14-5-8-17(9-6-14)27-21(19-4-3-11-29-19)25-26-22(27)30-13-20(28)24-18-10-7-16(23)12-15(18)2/h3-12H,13H2,1-2H3,(H,24,28). The summed E-state index contributed by atoms with van der Waals surface area (Å²) in [5, 5.41) is 12.7. The van der Waals surface area contributed by atoms with Crippen LogP contribution in [0.5, 0.6) is 0 Å². The number of thioether (sulfide) groups is 1. The van der Waals surface area contributed by atoms with Crippen LogP contribution >= 0.6 is 23.4 Å². The predicted octanol–water partition coefficient (Wildman–Crippen LogP) is 5.53. The van der Waals surface area contributed by atoms with Crippen molar-refractivity contribution in [2.24, 2.45) is 0 Å². The van der Waals surface area contributed by atoms with Crippen LogP contribution in [-0.4, -0.2) is 26.4 Å². The second kappa shape index (κ2) is 8.77. The maximum atomic E-state index is 12.5. The number of aromatic nitrogens is 3. The first-order valence-electron chi connectivity index (χ1n) is 9.26. The third-order valence-electron chi connectivity index (χ3n) is 4.46. The number of hydrogen-bond acceptors (Lipinski definition) is 5. The first-order chi connectivity index (χ1) is 14.5. The quantitative estimate of drug-likeness (QED) is 0.401. The Labute approximate surface area is 183 Å². The van der Waals surface area contributed by atoms with Gasteiger partial charge in [0.2, 0.25) is 11.7 Å². The molecule has 0 aliphatic heterocycles. The third kappa shape index (κ3) is 4.42. The van der Waals surface area contributed by atoms with E-state index in [1.54, 1.807) is 24.5 Å². The molecule has 0 atom stereocenters. The van der Waals surface area contributed by atoms with Crippen LogP contribution in [0.4, 0.5) is 5.69 Å². The van der Waals surface area contributed by atoms with E-state index >= 15 is 0 Å². The zero-order valence-electron chi connectivity index (χ0n) is 16.4. The number of carbonyl (C=O) groups is 1. The Bertz CT molecular complexity index is 1170. The van der Waals surface area contributed by atoms with Crippen molar-refractivity contribution in [3.05, 3.63) is 77.0 Å². The molecule has 30 heavy (non-hydrogen) atoms. The molecule has 8 heteroatoms. The number of aryl methyl sites for hydroxylation is 2. The van der Waals surface area contributed by atoms with E-state index in [4.69, 9.17) is 16.0 Å². The Morgan fingerprint density at radius 1 is 1.13 bits per heavy atom. The summed E-state index contributed by atoms with van der Waals surface area (Å²) in [4.78, 5) is 12.5. The topological polar surface area (TPSA) is 73.0 Å². The van der Waals surface area contributed by atoms with Gasteiger partial charge in [-0.15, -0.1) is 10.2 Å². The van der Waals surface area contributed by atoms with Gasteiger partial charge in [-0.2, -0.15) is 0 Å². The Morgan fingerprint density at radius 2 is 1.93 bits per heavy atom. The zero-order valence-corrected chi connectivity index (χ0v) is 18.0. The molecule has 6 nitrogen and oxygen atoms in total. The molecule has 1 N–H and O–H groups in total. The van der Waals surface area contributed by atoms with E-state index in [1.807, 2.05) is 54.8 Å². The van der Waals surface area contributed by atoms with Crippen molar-refractivity contribution >= 4 is 35.0 Å². The van der Waals surface area contributed by atoms with Crippen LogP contribution in [0.2, 0.25) is 5.02 Å². The SMILES string of the molecule is Cc1ccc(-n2c(SCC(=O)Nc3ccc(Cl)cc3C)nnc2-c2ccco2)cc1. The fraction of sp³-hybridized carbons (Fsp3) is 0.136. The van der Waals surface area contributed by atoms with E-state index in [2.05, 4.69) is 15.5 Å². The number of hydrogen-bond donors (Lipinski definition) is 1. The molecule has 0 saturated heterocycles. The molecule has 0 radical (unpaired) electrons. The summed E-state index contributed by atoms with van der Waals surface area (Å²) in [5.74, 6) is 1.24. The van der Waals surface area contributed by atoms with Crippen LogP contribution in [0.1, 0.15) is 11.1 Å². The number of carbonyl (C=O) groups excluding carboxylic acids is 1. The summed E-state index contributed by atoms with van der Waals surface area (Å²) < 4.78 is 7.42. The van der Waals surface area contributed by atoms with Gasteiger partial charge >= 0.3 is 0 Å². The number of benzene rings is 2. The highest BCUT2D eigenvalue weighted by molar-refractivity contribution is 7.99. The molecule has 2 heterocycles. The number of nitrogens with zero attached hydrogens (tertiary/aromatic N) is 3. The summed E-state index contributed by atoms with van der Waals surface area (Å²) >= 11 is 7.29. The normalized spacial score (nSPS) is 10.9. The number of halogens is 1. The van der Waals surface area contributed by atoms with Gasteiger partial charge in [0.05, 0.1) is 12.0 Å². The van der Waals surface area contributed by atoms with Crippen molar-refractivity contribution in [1.29, 1.82) is 0 Å². The average molecular weight is 439 g/mol. The van der Waals surface area contributed by atoms with Crippen molar-refractivity contribution in [1.82, 2.24) is 14.8 Å². The van der Waals surface area contributed by atoms with E-state index < -0.39 is 0 Å². The first-order valence-corrected chi connectivity index (χ1v) is 10.6. The van der Waals surface area contributed by atoms with Gasteiger partial charge in [0.1, 0.15) is 0 Å². The molecule has 4 rings (SSSR count). The monoisotopic (exact) mass is 438 g/mol. The Kier molecular flexibility index (Phi) is 5.92. The second-order valence-corrected chi connectivity index (χ2v) is 8.13. The lowest BCUT2D eigenvalue weighted by molar-refractivity contribution is -0.113. The van der Waals surface area contributed by atoms with Gasteiger partial charge in [-0.3, -0.25) is 9.36 Å². The summed E-state index contributed by atoms with van der Waals surface area (Å²) in [7, 11) is 0. The van der Waals surface area contributed by atoms with Crippen LogP contribution in [0, 0.1) is 13.8 Å². The van der Waals surface area contributed by atoms with E-state index in [0.717, 1.165) is 22.5 Å². The summed E-state index contributed by atoms with van der Waals surface area (Å²) in [6.45, 7) is 3.93. The maximum absolute atomic E-state index is 12.5. The fourth-order valence-corrected chi connectivity index (χ4v) is 3.92.